The third-order valence-corrected chi connectivity index (χ3v) is 4.41. The third-order valence-electron chi connectivity index (χ3n) is 3.58. The second-order valence-electron chi connectivity index (χ2n) is 4.68. The normalized spacial score (nSPS) is 23.6. The van der Waals surface area contributed by atoms with Crippen LogP contribution in [0.4, 0.5) is 0 Å². The van der Waals surface area contributed by atoms with Crippen LogP contribution in [0.5, 0.6) is 0 Å². The minimum absolute atomic E-state index is 0.0471. The van der Waals surface area contributed by atoms with E-state index in [4.69, 9.17) is 0 Å². The Bertz CT molecular complexity index is 366. The smallest absolute Gasteiger partial charge is 0.251 e. The van der Waals surface area contributed by atoms with Crippen molar-refractivity contribution in [3.8, 4) is 0 Å². The summed E-state index contributed by atoms with van der Waals surface area (Å²) in [5, 5.41) is 4.10. The lowest BCUT2D eigenvalue weighted by Crippen LogP contribution is -2.31. The van der Waals surface area contributed by atoms with Gasteiger partial charge in [-0.2, -0.15) is 0 Å². The highest BCUT2D eigenvalue weighted by Gasteiger charge is 2.26. The average molecular weight is 296 g/mol. The van der Waals surface area contributed by atoms with Crippen molar-refractivity contribution < 1.29 is 4.79 Å². The van der Waals surface area contributed by atoms with Crippen molar-refractivity contribution in [3.05, 3.63) is 35.9 Å². The first-order chi connectivity index (χ1) is 8.31. The fourth-order valence-corrected chi connectivity index (χ4v) is 3.35. The monoisotopic (exact) mass is 295 g/mol. The van der Waals surface area contributed by atoms with Crippen LogP contribution < -0.4 is 5.32 Å². The maximum absolute atomic E-state index is 11.9. The molecule has 1 aromatic rings. The van der Waals surface area contributed by atoms with Crippen molar-refractivity contribution in [2.24, 2.45) is 11.8 Å². The fourth-order valence-electron chi connectivity index (χ4n) is 2.50. The molecule has 0 aliphatic heterocycles. The van der Waals surface area contributed by atoms with E-state index in [0.717, 1.165) is 23.4 Å². The van der Waals surface area contributed by atoms with Gasteiger partial charge in [-0.15, -0.1) is 0 Å². The number of benzene rings is 1. The van der Waals surface area contributed by atoms with Gasteiger partial charge in [0, 0.05) is 17.4 Å². The van der Waals surface area contributed by atoms with E-state index in [0.29, 0.717) is 5.92 Å². The molecule has 0 saturated heterocycles. The molecule has 0 radical (unpaired) electrons. The van der Waals surface area contributed by atoms with E-state index < -0.39 is 0 Å². The van der Waals surface area contributed by atoms with Crippen LogP contribution in [0.15, 0.2) is 30.3 Å². The molecule has 1 saturated carbocycles. The summed E-state index contributed by atoms with van der Waals surface area (Å²) in [7, 11) is 0. The molecule has 1 N–H and O–H groups in total. The van der Waals surface area contributed by atoms with Crippen LogP contribution in [0.1, 0.15) is 29.6 Å². The van der Waals surface area contributed by atoms with Gasteiger partial charge in [-0.05, 0) is 36.8 Å². The number of nitrogens with one attached hydrogen (secondary N) is 1. The number of halogens is 1. The van der Waals surface area contributed by atoms with Gasteiger partial charge < -0.3 is 5.32 Å². The van der Waals surface area contributed by atoms with E-state index in [1.807, 2.05) is 30.3 Å². The fraction of sp³-hybridized carbons (Fsp3) is 0.500. The summed E-state index contributed by atoms with van der Waals surface area (Å²) in [6, 6.07) is 9.42. The molecule has 1 aliphatic rings. The number of carbonyl (C=O) groups is 1. The molecule has 0 bridgehead atoms. The van der Waals surface area contributed by atoms with Crippen molar-refractivity contribution in [2.45, 2.75) is 19.3 Å². The lowest BCUT2D eigenvalue weighted by atomic mass is 9.98. The molecule has 1 aromatic carbocycles. The summed E-state index contributed by atoms with van der Waals surface area (Å²) in [5.41, 5.74) is 0.751. The lowest BCUT2D eigenvalue weighted by molar-refractivity contribution is 0.0945. The molecule has 1 fully saturated rings. The van der Waals surface area contributed by atoms with Crippen LogP contribution in [0.3, 0.4) is 0 Å². The van der Waals surface area contributed by atoms with E-state index in [2.05, 4.69) is 21.2 Å². The standard InChI is InChI=1S/C14H18BrNO/c15-9-12-7-4-8-13(12)10-16-14(17)11-5-2-1-3-6-11/h1-3,5-6,12-13H,4,7-10H2,(H,16,17). The van der Waals surface area contributed by atoms with Crippen molar-refractivity contribution in [3.63, 3.8) is 0 Å². The predicted molar refractivity (Wildman–Crippen MR) is 73.4 cm³/mol. The van der Waals surface area contributed by atoms with Crippen LogP contribution in [0.25, 0.3) is 0 Å². The van der Waals surface area contributed by atoms with Gasteiger partial charge in [-0.25, -0.2) is 0 Å². The van der Waals surface area contributed by atoms with Gasteiger partial charge in [0.2, 0.25) is 0 Å². The SMILES string of the molecule is O=C(NCC1CCCC1CBr)c1ccccc1. The first kappa shape index (κ1) is 12.6. The van der Waals surface area contributed by atoms with Crippen LogP contribution in [0, 0.1) is 11.8 Å². The van der Waals surface area contributed by atoms with E-state index >= 15 is 0 Å². The Morgan fingerprint density at radius 2 is 1.94 bits per heavy atom. The molecule has 2 nitrogen and oxygen atoms in total. The highest BCUT2D eigenvalue weighted by atomic mass is 79.9. The van der Waals surface area contributed by atoms with Gasteiger partial charge in [0.05, 0.1) is 0 Å². The first-order valence-corrected chi connectivity index (χ1v) is 7.32. The number of hydrogen-bond donors (Lipinski definition) is 1. The molecule has 17 heavy (non-hydrogen) atoms. The molecule has 0 aromatic heterocycles. The molecule has 0 spiro atoms. The Morgan fingerprint density at radius 3 is 2.65 bits per heavy atom. The molecule has 92 valence electrons. The number of rotatable bonds is 4. The van der Waals surface area contributed by atoms with Gasteiger partial charge in [-0.3, -0.25) is 4.79 Å². The Morgan fingerprint density at radius 1 is 1.24 bits per heavy atom. The second-order valence-corrected chi connectivity index (χ2v) is 5.33. The maximum Gasteiger partial charge on any atom is 0.251 e. The summed E-state index contributed by atoms with van der Waals surface area (Å²) in [6.07, 6.45) is 3.82. The zero-order chi connectivity index (χ0) is 12.1. The third kappa shape index (κ3) is 3.32. The highest BCUT2D eigenvalue weighted by molar-refractivity contribution is 9.09. The van der Waals surface area contributed by atoms with Gasteiger partial charge in [0.15, 0.2) is 0 Å². The molecule has 3 heteroatoms. The van der Waals surface area contributed by atoms with Crippen LogP contribution >= 0.6 is 15.9 Å². The molecule has 1 aliphatic carbocycles. The quantitative estimate of drug-likeness (QED) is 0.849. The Hall–Kier alpha value is -0.830. The molecule has 2 rings (SSSR count). The maximum atomic E-state index is 11.9. The van der Waals surface area contributed by atoms with Crippen LogP contribution in [-0.4, -0.2) is 17.8 Å². The summed E-state index contributed by atoms with van der Waals surface area (Å²) in [5.74, 6) is 1.42. The van der Waals surface area contributed by atoms with Crippen LogP contribution in [-0.2, 0) is 0 Å². The second kappa shape index (κ2) is 6.20. The molecule has 2 atom stereocenters. The largest absolute Gasteiger partial charge is 0.352 e. The van der Waals surface area contributed by atoms with Crippen molar-refractivity contribution in [1.29, 1.82) is 0 Å². The Balaban J connectivity index is 1.84. The van der Waals surface area contributed by atoms with E-state index in [1.165, 1.54) is 19.3 Å². The Kier molecular flexibility index (Phi) is 4.60. The number of hydrogen-bond acceptors (Lipinski definition) is 1. The minimum atomic E-state index is 0.0471. The Labute approximate surface area is 111 Å². The zero-order valence-corrected chi connectivity index (χ0v) is 11.4. The van der Waals surface area contributed by atoms with Gasteiger partial charge in [-0.1, -0.05) is 40.5 Å². The van der Waals surface area contributed by atoms with Crippen molar-refractivity contribution in [1.82, 2.24) is 5.32 Å². The molecular weight excluding hydrogens is 278 g/mol. The van der Waals surface area contributed by atoms with Gasteiger partial charge in [0.25, 0.3) is 5.91 Å². The number of carbonyl (C=O) groups excluding carboxylic acids is 1. The summed E-state index contributed by atoms with van der Waals surface area (Å²) < 4.78 is 0. The van der Waals surface area contributed by atoms with Gasteiger partial charge >= 0.3 is 0 Å². The first-order valence-electron chi connectivity index (χ1n) is 6.20. The summed E-state index contributed by atoms with van der Waals surface area (Å²) in [6.45, 7) is 0.810. The van der Waals surface area contributed by atoms with Crippen LogP contribution in [0.2, 0.25) is 0 Å². The molecular formula is C14H18BrNO. The zero-order valence-electron chi connectivity index (χ0n) is 9.86. The molecule has 0 heterocycles. The minimum Gasteiger partial charge on any atom is -0.352 e. The van der Waals surface area contributed by atoms with E-state index in [1.54, 1.807) is 0 Å². The summed E-state index contributed by atoms with van der Waals surface area (Å²) >= 11 is 3.56. The molecule has 1 amide bonds. The van der Waals surface area contributed by atoms with Crippen molar-refractivity contribution >= 4 is 21.8 Å². The highest BCUT2D eigenvalue weighted by Crippen LogP contribution is 2.32. The summed E-state index contributed by atoms with van der Waals surface area (Å²) in [4.78, 5) is 11.9. The van der Waals surface area contributed by atoms with E-state index in [-0.39, 0.29) is 5.91 Å². The van der Waals surface area contributed by atoms with Crippen molar-refractivity contribution in [2.75, 3.05) is 11.9 Å². The number of amides is 1. The number of alkyl halides is 1. The predicted octanol–water partition coefficient (Wildman–Crippen LogP) is 3.23. The topological polar surface area (TPSA) is 29.1 Å². The lowest BCUT2D eigenvalue weighted by Gasteiger charge is -2.17. The van der Waals surface area contributed by atoms with Gasteiger partial charge in [0.1, 0.15) is 0 Å². The van der Waals surface area contributed by atoms with E-state index in [9.17, 15) is 4.79 Å². The average Bonchev–Trinajstić information content (AvgIpc) is 2.84. The molecule has 2 unspecified atom stereocenters.